The smallest absolute Gasteiger partial charge is 0.346 e. The molecule has 0 aromatic heterocycles. The highest BCUT2D eigenvalue weighted by Gasteiger charge is 2.34. The largest absolute Gasteiger partial charge is 0.491 e. The van der Waals surface area contributed by atoms with Crippen LogP contribution in [-0.2, 0) is 95.1 Å². The summed E-state index contributed by atoms with van der Waals surface area (Å²) < 4.78 is 92.5. The summed E-state index contributed by atoms with van der Waals surface area (Å²) in [7, 11) is 1.32. The van der Waals surface area contributed by atoms with Gasteiger partial charge < -0.3 is 80.5 Å². The molecule has 24 nitrogen and oxygen atoms in total. The Kier molecular flexibility index (Phi) is 59.8. The van der Waals surface area contributed by atoms with Crippen molar-refractivity contribution in [2.45, 2.75) is 312 Å². The fourth-order valence-electron chi connectivity index (χ4n) is 11.1. The van der Waals surface area contributed by atoms with Crippen LogP contribution in [-0.4, -0.2) is 164 Å². The number of esters is 7. The molecule has 1 aliphatic rings. The predicted octanol–water partition coefficient (Wildman–Crippen LogP) is 24.5. The lowest BCUT2D eigenvalue weighted by molar-refractivity contribution is -0.199. The van der Waals surface area contributed by atoms with E-state index in [1.54, 1.807) is 11.8 Å². The minimum absolute atomic E-state index is 0.00391. The summed E-state index contributed by atoms with van der Waals surface area (Å²) >= 11 is 1.72. The molecule has 6 aromatic rings. The van der Waals surface area contributed by atoms with Gasteiger partial charge in [-0.05, 0) is 197 Å². The maximum Gasteiger partial charge on any atom is 0.346 e. The average Bonchev–Trinajstić information content (AvgIpc) is 0.798. The molecule has 8 unspecified atom stereocenters. The van der Waals surface area contributed by atoms with Crippen LogP contribution in [0.5, 0.6) is 23.0 Å². The molecular weight excluding hydrogens is 1700 g/mol. The molecule has 0 spiro atoms. The molecule has 0 N–H and O–H groups in total. The Hall–Kier alpha value is -9.08. The van der Waals surface area contributed by atoms with Crippen molar-refractivity contribution in [2.24, 2.45) is 27.6 Å². The molecule has 0 amide bonds. The molecule has 1 saturated heterocycles. The van der Waals surface area contributed by atoms with Crippen LogP contribution >= 0.6 is 11.8 Å². The predicted molar refractivity (Wildman–Crippen MR) is 522 cm³/mol. The Balaban J connectivity index is 0.000000545. The number of carbonyl (C=O) groups excluding carboxylic acids is 7. The van der Waals surface area contributed by atoms with Crippen molar-refractivity contribution in [2.75, 3.05) is 78.6 Å². The van der Waals surface area contributed by atoms with Gasteiger partial charge in [0.2, 0.25) is 37.7 Å². The zero-order chi connectivity index (χ0) is 98.7. The van der Waals surface area contributed by atoms with E-state index in [0.717, 1.165) is 84.5 Å². The van der Waals surface area contributed by atoms with Gasteiger partial charge in [0, 0.05) is 54.9 Å². The number of hydrogen-bond donors (Lipinski definition) is 0. The second-order valence-corrected chi connectivity index (χ2v) is 36.0. The Bertz CT molecular complexity index is 4040. The standard InChI is InChI=1S/C29H34O4.C19H30O4.C17H24O4.C17H26O4.C13H24O5.C12H24O3S/c1-5-26(33-28(30)29(3,4)6-2)31-20-21-32-27-24(22-14-9-7-10-15-22)18-13-19-25(27)23-16-11-8-12-17-23;1-7-15(6)16-8-10-17(11-9-16)21-12-18(20)23-19(13(2)3)22-14(4)5;1-3-13(2)14-7-9-15(10-8-14)20-12-16(18)21-17-6-4-5-11-19-17;1-5-15(21-16(18)17(3,4)6-2)20-13-12-19-14-10-8-7-9-11-14;1-6-11(17-9-8-10(14)16-5)18-12(15)13(3,4)7-2;1-6-10(14-8-9-16-5)15-11(13)12(3,4)7-2/h7-19,26H,5-6,20-21H2,1-4H3;8-11,13-15,19H,7,12H2,1-6H3;7-10,13,17H,3-6,11-12H2,1-2H3;7-11,15H,5-6,12-13H2,1-4H3;11H,6-9H2,1-5H3;10H,6-9H2,1-5H3. The van der Waals surface area contributed by atoms with E-state index < -0.39 is 65.4 Å². The molecule has 6 aromatic carbocycles. The van der Waals surface area contributed by atoms with Crippen LogP contribution in [0.4, 0.5) is 0 Å². The minimum Gasteiger partial charge on any atom is -0.491 e. The van der Waals surface area contributed by atoms with Crippen molar-refractivity contribution in [3.05, 3.63) is 169 Å². The van der Waals surface area contributed by atoms with Gasteiger partial charge in [0.1, 0.15) is 36.2 Å². The van der Waals surface area contributed by atoms with Crippen LogP contribution in [0.25, 0.3) is 22.3 Å². The van der Waals surface area contributed by atoms with Crippen molar-refractivity contribution in [1.29, 1.82) is 0 Å². The van der Waals surface area contributed by atoms with Gasteiger partial charge in [-0.1, -0.05) is 218 Å². The first-order valence-electron chi connectivity index (χ1n) is 47.3. The van der Waals surface area contributed by atoms with Crippen molar-refractivity contribution >= 4 is 53.5 Å². The Labute approximate surface area is 795 Å². The van der Waals surface area contributed by atoms with Crippen LogP contribution < -0.4 is 18.9 Å². The number of para-hydroxylation sites is 2. The molecule has 132 heavy (non-hydrogen) atoms. The number of ether oxygens (including phenoxy) is 17. The third-order valence-corrected chi connectivity index (χ3v) is 22.7. The van der Waals surface area contributed by atoms with E-state index in [1.165, 1.54) is 18.2 Å². The maximum atomic E-state index is 12.4. The Morgan fingerprint density at radius 1 is 0.394 bits per heavy atom. The molecule has 0 saturated carbocycles. The second kappa shape index (κ2) is 66.3. The summed E-state index contributed by atoms with van der Waals surface area (Å²) in [6, 6.07) is 51.9. The summed E-state index contributed by atoms with van der Waals surface area (Å²) in [6.45, 7) is 49.7. The van der Waals surface area contributed by atoms with Crippen LogP contribution in [0.2, 0.25) is 0 Å². The average molecular weight is 1860 g/mol. The van der Waals surface area contributed by atoms with E-state index in [0.29, 0.717) is 102 Å². The van der Waals surface area contributed by atoms with Crippen molar-refractivity contribution in [1.82, 2.24) is 0 Å². The molecule has 0 bridgehead atoms. The number of benzene rings is 6. The number of methoxy groups -OCH3 is 1. The topological polar surface area (TPSA) is 276 Å². The molecule has 1 aliphatic heterocycles. The summed E-state index contributed by atoms with van der Waals surface area (Å²) in [5.74, 6) is 2.98. The lowest BCUT2D eigenvalue weighted by atomic mass is 9.91. The minimum atomic E-state index is -0.604. The molecular formula is C107H162O24S. The number of carbonyl (C=O) groups is 7. The van der Waals surface area contributed by atoms with Gasteiger partial charge in [-0.25, -0.2) is 9.59 Å². The highest BCUT2D eigenvalue weighted by molar-refractivity contribution is 7.98. The van der Waals surface area contributed by atoms with Crippen LogP contribution in [0, 0.1) is 27.6 Å². The van der Waals surface area contributed by atoms with Gasteiger partial charge in [0.05, 0.1) is 74.3 Å². The van der Waals surface area contributed by atoms with E-state index in [1.807, 2.05) is 260 Å². The lowest BCUT2D eigenvalue weighted by Crippen LogP contribution is -2.31. The van der Waals surface area contributed by atoms with Gasteiger partial charge in [0.15, 0.2) is 13.2 Å². The molecule has 0 aliphatic carbocycles. The van der Waals surface area contributed by atoms with E-state index in [9.17, 15) is 33.6 Å². The van der Waals surface area contributed by atoms with Gasteiger partial charge in [-0.3, -0.25) is 24.0 Å². The normalized spacial score (nSPS) is 14.1. The molecule has 0 radical (unpaired) electrons. The maximum absolute atomic E-state index is 12.4. The summed E-state index contributed by atoms with van der Waals surface area (Å²) in [5.41, 5.74) is 4.86. The first-order chi connectivity index (χ1) is 62.8. The Morgan fingerprint density at radius 2 is 0.765 bits per heavy atom. The molecule has 1 heterocycles. The first-order valence-corrected chi connectivity index (χ1v) is 48.7. The van der Waals surface area contributed by atoms with E-state index in [4.69, 9.17) is 75.8 Å². The van der Waals surface area contributed by atoms with E-state index in [-0.39, 0.29) is 74.1 Å². The molecule has 8 atom stereocenters. The quantitative estimate of drug-likeness (QED) is 0.0148. The van der Waals surface area contributed by atoms with Gasteiger partial charge in [-0.15, -0.1) is 0 Å². The third-order valence-electron chi connectivity index (χ3n) is 22.1. The monoisotopic (exact) mass is 1860 g/mol. The molecule has 25 heteroatoms. The van der Waals surface area contributed by atoms with Crippen molar-refractivity contribution in [3.8, 4) is 45.3 Å². The van der Waals surface area contributed by atoms with Crippen molar-refractivity contribution in [3.63, 3.8) is 0 Å². The summed E-state index contributed by atoms with van der Waals surface area (Å²) in [6.07, 6.45) is 9.56. The summed E-state index contributed by atoms with van der Waals surface area (Å²) in [4.78, 5) is 82.5. The van der Waals surface area contributed by atoms with Gasteiger partial charge in [0.25, 0.3) is 0 Å². The fourth-order valence-corrected chi connectivity index (χ4v) is 11.4. The van der Waals surface area contributed by atoms with E-state index in [2.05, 4.69) is 74.9 Å². The van der Waals surface area contributed by atoms with Gasteiger partial charge >= 0.3 is 41.8 Å². The third kappa shape index (κ3) is 48.2. The highest BCUT2D eigenvalue weighted by Crippen LogP contribution is 2.40. The SMILES string of the molecule is CCC(C)c1ccc(OCC(=O)OC(OC(C)C)C(C)C)cc1.CCC(C)c1ccc(OCC(=O)OC2CCCCO2)cc1.CCC(OCCC(=O)OC)OC(=O)C(C)(C)CC.CCC(OCCOc1c(-c2ccccc2)cccc1-c1ccccc1)OC(=O)C(C)(C)CC.CCC(OCCOc1ccccc1)OC(=O)C(C)(C)CC.CCC(OCCSC)OC(=O)C(C)(C)CC. The van der Waals surface area contributed by atoms with Crippen LogP contribution in [0.15, 0.2) is 158 Å². The van der Waals surface area contributed by atoms with Crippen LogP contribution in [0.1, 0.15) is 279 Å². The molecule has 1 fully saturated rings. The van der Waals surface area contributed by atoms with Gasteiger partial charge in [-0.2, -0.15) is 11.8 Å². The first kappa shape index (κ1) is 119. The highest BCUT2D eigenvalue weighted by atomic mass is 32.2. The fraction of sp³-hybridized carbons (Fsp3) is 0.598. The summed E-state index contributed by atoms with van der Waals surface area (Å²) in [5, 5.41) is 0. The lowest BCUT2D eigenvalue weighted by Gasteiger charge is -2.25. The number of thioether (sulfide) groups is 1. The van der Waals surface area contributed by atoms with Crippen molar-refractivity contribution < 1.29 is 114 Å². The Morgan fingerprint density at radius 3 is 1.11 bits per heavy atom. The number of rotatable bonds is 51. The van der Waals surface area contributed by atoms with E-state index >= 15 is 0 Å². The number of hydrogen-bond acceptors (Lipinski definition) is 25. The zero-order valence-corrected chi connectivity index (χ0v) is 85.3. The van der Waals surface area contributed by atoms with Crippen LogP contribution in [0.3, 0.4) is 0 Å². The zero-order valence-electron chi connectivity index (χ0n) is 84.5. The second-order valence-electron chi connectivity index (χ2n) is 35.1. The molecule has 740 valence electrons. The molecule has 7 rings (SSSR count).